The van der Waals surface area contributed by atoms with E-state index in [9.17, 15) is 4.79 Å². The highest BCUT2D eigenvalue weighted by Gasteiger charge is 2.77. The lowest BCUT2D eigenvalue weighted by molar-refractivity contribution is 0.0253. The van der Waals surface area contributed by atoms with Gasteiger partial charge in [-0.05, 0) is 83.7 Å². The van der Waals surface area contributed by atoms with Crippen LogP contribution < -0.4 is 0 Å². The molecule has 8 rings (SSSR count). The Hall–Kier alpha value is -2.69. The largest absolute Gasteiger partial charge is 0.465 e. The van der Waals surface area contributed by atoms with E-state index in [0.29, 0.717) is 28.6 Å². The zero-order valence-corrected chi connectivity index (χ0v) is 23.4. The Morgan fingerprint density at radius 2 is 1.79 bits per heavy atom. The maximum Gasteiger partial charge on any atom is 0.337 e. The number of hydrogen-bond donors (Lipinski definition) is 0. The number of aromatic nitrogens is 1. The van der Waals surface area contributed by atoms with Crippen molar-refractivity contribution in [2.75, 3.05) is 20.2 Å². The van der Waals surface area contributed by atoms with E-state index in [1.807, 2.05) is 24.4 Å². The van der Waals surface area contributed by atoms with Gasteiger partial charge < -0.3 is 4.74 Å². The molecule has 4 saturated carbocycles. The van der Waals surface area contributed by atoms with E-state index >= 15 is 0 Å². The maximum atomic E-state index is 12.5. The fourth-order valence-electron chi connectivity index (χ4n) is 9.37. The summed E-state index contributed by atoms with van der Waals surface area (Å²) in [5.74, 6) is 1.39. The molecule has 202 valence electrons. The Morgan fingerprint density at radius 1 is 1.00 bits per heavy atom. The average Bonchev–Trinajstić information content (AvgIpc) is 3.52. The van der Waals surface area contributed by atoms with Crippen LogP contribution in [0.1, 0.15) is 84.0 Å². The molecule has 1 aromatic heterocycles. The minimum Gasteiger partial charge on any atom is -0.465 e. The number of pyridine rings is 1. The minimum atomic E-state index is -0.272. The summed E-state index contributed by atoms with van der Waals surface area (Å²) in [6.45, 7) is 2.32. The van der Waals surface area contributed by atoms with Crippen molar-refractivity contribution in [2.45, 2.75) is 62.3 Å². The molecule has 1 saturated heterocycles. The molecule has 1 spiro atoms. The van der Waals surface area contributed by atoms with Crippen molar-refractivity contribution >= 4 is 17.6 Å². The first-order chi connectivity index (χ1) is 19.0. The summed E-state index contributed by atoms with van der Waals surface area (Å²) >= 11 is 6.26. The third-order valence-corrected chi connectivity index (χ3v) is 10.9. The number of likely N-dealkylation sites (tertiary alicyclic amines) is 1. The van der Waals surface area contributed by atoms with Gasteiger partial charge in [0.05, 0.1) is 12.7 Å². The molecular weight excluding hydrogens is 504 g/mol. The number of ether oxygens (including phenoxy) is 1. The number of nitrogens with zero attached hydrogens (tertiary/aromatic N) is 2. The van der Waals surface area contributed by atoms with Gasteiger partial charge in [0.15, 0.2) is 0 Å². The number of esters is 1. The Balaban J connectivity index is 1.32. The molecule has 5 aliphatic rings. The van der Waals surface area contributed by atoms with Crippen molar-refractivity contribution in [3.63, 3.8) is 0 Å². The molecule has 5 fully saturated rings. The van der Waals surface area contributed by atoms with Crippen LogP contribution >= 0.6 is 11.6 Å². The van der Waals surface area contributed by atoms with E-state index in [4.69, 9.17) is 16.3 Å². The zero-order valence-electron chi connectivity index (χ0n) is 22.7. The molecule has 5 heteroatoms. The van der Waals surface area contributed by atoms with Crippen LogP contribution in [0.3, 0.4) is 0 Å². The first-order valence-corrected chi connectivity index (χ1v) is 15.0. The molecule has 0 amide bonds. The summed E-state index contributed by atoms with van der Waals surface area (Å²) in [5, 5.41) is 0.535. The van der Waals surface area contributed by atoms with E-state index in [1.54, 1.807) is 0 Å². The topological polar surface area (TPSA) is 42.4 Å². The SMILES string of the molecule is COC(=O)c1cccc(C23CC4(C2)[C@H](CN(CC2CCCCC2)[C@@H]4c2ccccc2)C3c2ccc(Cl)nc2)c1. The van der Waals surface area contributed by atoms with Gasteiger partial charge >= 0.3 is 5.97 Å². The van der Waals surface area contributed by atoms with Gasteiger partial charge in [-0.3, -0.25) is 4.90 Å². The Bertz CT molecular complexity index is 1350. The van der Waals surface area contributed by atoms with Crippen LogP contribution in [0.2, 0.25) is 5.15 Å². The molecular formula is C34H37ClN2O2. The summed E-state index contributed by atoms with van der Waals surface area (Å²) in [6, 6.07) is 24.0. The third kappa shape index (κ3) is 3.97. The van der Waals surface area contributed by atoms with Crippen LogP contribution in [-0.2, 0) is 10.2 Å². The highest BCUT2D eigenvalue weighted by Crippen LogP contribution is 2.82. The van der Waals surface area contributed by atoms with Gasteiger partial charge in [0.2, 0.25) is 0 Å². The van der Waals surface area contributed by atoms with Crippen LogP contribution in [0.15, 0.2) is 72.9 Å². The molecule has 4 aliphatic carbocycles. The average molecular weight is 541 g/mol. The van der Waals surface area contributed by atoms with Crippen LogP contribution in [0.25, 0.3) is 0 Å². The van der Waals surface area contributed by atoms with Crippen LogP contribution in [0, 0.1) is 17.3 Å². The van der Waals surface area contributed by atoms with Crippen LogP contribution in [0.5, 0.6) is 0 Å². The van der Waals surface area contributed by atoms with Crippen molar-refractivity contribution in [3.8, 4) is 0 Å². The summed E-state index contributed by atoms with van der Waals surface area (Å²) < 4.78 is 5.09. The van der Waals surface area contributed by atoms with Gasteiger partial charge in [-0.15, -0.1) is 0 Å². The number of hydrogen-bond acceptors (Lipinski definition) is 4. The lowest BCUT2D eigenvalue weighted by Crippen LogP contribution is -2.48. The number of halogens is 1. The second kappa shape index (κ2) is 9.74. The maximum absolute atomic E-state index is 12.5. The van der Waals surface area contributed by atoms with Crippen molar-refractivity contribution < 1.29 is 9.53 Å². The Labute approximate surface area is 236 Å². The molecule has 2 bridgehead atoms. The van der Waals surface area contributed by atoms with E-state index in [1.165, 1.54) is 62.4 Å². The van der Waals surface area contributed by atoms with Gasteiger partial charge in [-0.1, -0.05) is 79.4 Å². The van der Waals surface area contributed by atoms with Crippen LogP contribution in [-0.4, -0.2) is 36.1 Å². The molecule has 2 heterocycles. The number of benzene rings is 2. The normalized spacial score (nSPS) is 32.0. The lowest BCUT2D eigenvalue weighted by atomic mass is 9.52. The predicted octanol–water partition coefficient (Wildman–Crippen LogP) is 7.59. The minimum absolute atomic E-state index is 0.0197. The number of rotatable bonds is 6. The molecule has 0 radical (unpaired) electrons. The van der Waals surface area contributed by atoms with Crippen LogP contribution in [0.4, 0.5) is 0 Å². The molecule has 3 atom stereocenters. The fraction of sp³-hybridized carbons (Fsp3) is 0.471. The van der Waals surface area contributed by atoms with Gasteiger partial charge in [0.25, 0.3) is 0 Å². The van der Waals surface area contributed by atoms with E-state index < -0.39 is 0 Å². The highest BCUT2D eigenvalue weighted by molar-refractivity contribution is 6.29. The summed E-state index contributed by atoms with van der Waals surface area (Å²) in [6.07, 6.45) is 11.1. The summed E-state index contributed by atoms with van der Waals surface area (Å²) in [5.41, 5.74) is 4.82. The fourth-order valence-corrected chi connectivity index (χ4v) is 9.48. The first-order valence-electron chi connectivity index (χ1n) is 14.6. The molecule has 1 aliphatic heterocycles. The third-order valence-electron chi connectivity index (χ3n) is 10.7. The first kappa shape index (κ1) is 25.3. The van der Waals surface area contributed by atoms with Gasteiger partial charge in [0.1, 0.15) is 5.15 Å². The summed E-state index contributed by atoms with van der Waals surface area (Å²) in [7, 11) is 1.46. The Kier molecular flexibility index (Phi) is 6.32. The molecule has 0 N–H and O–H groups in total. The smallest absolute Gasteiger partial charge is 0.337 e. The number of carbonyl (C=O) groups is 1. The Morgan fingerprint density at radius 3 is 2.51 bits per heavy atom. The zero-order chi connectivity index (χ0) is 26.6. The second-order valence-corrected chi connectivity index (χ2v) is 13.0. The van der Waals surface area contributed by atoms with Gasteiger partial charge in [-0.2, -0.15) is 0 Å². The monoisotopic (exact) mass is 540 g/mol. The number of methoxy groups -OCH3 is 1. The molecule has 2 aromatic carbocycles. The van der Waals surface area contributed by atoms with Crippen molar-refractivity contribution in [1.29, 1.82) is 0 Å². The molecule has 39 heavy (non-hydrogen) atoms. The molecule has 3 aromatic rings. The standard InChI is InChI=1S/C34H37ClN2O2/c1-39-32(38)25-13-8-14-27(17-25)33-21-34(22-33)28(30(33)26-15-16-29(35)36-18-26)20-37(19-23-9-4-2-5-10-23)31(34)24-11-6-3-7-12-24/h3,6-8,11-18,23,28,30-31H,2,4-5,9-10,19-22H2,1H3/t28-,30?,31-,33?,34?/m1/s1. The quantitative estimate of drug-likeness (QED) is 0.238. The van der Waals surface area contributed by atoms with E-state index in [-0.39, 0.29) is 16.8 Å². The molecule has 4 nitrogen and oxygen atoms in total. The summed E-state index contributed by atoms with van der Waals surface area (Å²) in [4.78, 5) is 19.9. The van der Waals surface area contributed by atoms with E-state index in [2.05, 4.69) is 58.4 Å². The second-order valence-electron chi connectivity index (χ2n) is 12.6. The van der Waals surface area contributed by atoms with Crippen molar-refractivity contribution in [1.82, 2.24) is 9.88 Å². The van der Waals surface area contributed by atoms with Crippen molar-refractivity contribution in [2.24, 2.45) is 17.3 Å². The van der Waals surface area contributed by atoms with Crippen molar-refractivity contribution in [3.05, 3.63) is 100 Å². The van der Waals surface area contributed by atoms with E-state index in [0.717, 1.165) is 25.3 Å². The highest BCUT2D eigenvalue weighted by atomic mass is 35.5. The van der Waals surface area contributed by atoms with Gasteiger partial charge in [0, 0.05) is 30.7 Å². The van der Waals surface area contributed by atoms with Gasteiger partial charge in [-0.25, -0.2) is 9.78 Å². The molecule has 1 unspecified atom stereocenters. The predicted molar refractivity (Wildman–Crippen MR) is 154 cm³/mol. The number of carbonyl (C=O) groups excluding carboxylic acids is 1. The lowest BCUT2D eigenvalue weighted by Gasteiger charge is -2.53.